The van der Waals surface area contributed by atoms with E-state index in [0.29, 0.717) is 5.92 Å². The van der Waals surface area contributed by atoms with Crippen LogP contribution >= 0.6 is 0 Å². The topological polar surface area (TPSA) is 67.4 Å². The highest BCUT2D eigenvalue weighted by Gasteiger charge is 2.40. The fraction of sp³-hybridized carbons (Fsp3) is 0.875. The molecule has 5 heteroatoms. The van der Waals surface area contributed by atoms with Crippen LogP contribution in [0.3, 0.4) is 0 Å². The van der Waals surface area contributed by atoms with Crippen molar-refractivity contribution in [3.63, 3.8) is 0 Å². The van der Waals surface area contributed by atoms with E-state index in [1.807, 2.05) is 20.8 Å². The molecule has 2 aliphatic rings. The summed E-state index contributed by atoms with van der Waals surface area (Å²) in [6.45, 7) is 7.67. The summed E-state index contributed by atoms with van der Waals surface area (Å²) >= 11 is 0. The number of hydrogen-bond acceptors (Lipinski definition) is 3. The van der Waals surface area contributed by atoms with Crippen molar-refractivity contribution < 1.29 is 14.3 Å². The van der Waals surface area contributed by atoms with Gasteiger partial charge in [0.15, 0.2) is 0 Å². The van der Waals surface area contributed by atoms with Gasteiger partial charge in [-0.2, -0.15) is 0 Å². The number of carbonyl (C=O) groups is 2. The SMILES string of the molecule is C[C@@H]1C[C@@H]1C(=O)N[C@@H]1CCC[C@@H](NC(=O)OC(C)(C)C)C1. The van der Waals surface area contributed by atoms with Crippen molar-refractivity contribution in [3.8, 4) is 0 Å². The van der Waals surface area contributed by atoms with Crippen molar-refractivity contribution in [1.29, 1.82) is 0 Å². The molecule has 0 heterocycles. The summed E-state index contributed by atoms with van der Waals surface area (Å²) in [4.78, 5) is 23.8. The van der Waals surface area contributed by atoms with Gasteiger partial charge in [-0.1, -0.05) is 6.92 Å². The highest BCUT2D eigenvalue weighted by atomic mass is 16.6. The maximum absolute atomic E-state index is 12.0. The van der Waals surface area contributed by atoms with Crippen LogP contribution in [0.1, 0.15) is 59.8 Å². The van der Waals surface area contributed by atoms with Gasteiger partial charge >= 0.3 is 6.09 Å². The Morgan fingerprint density at radius 3 is 2.14 bits per heavy atom. The number of rotatable bonds is 3. The first-order valence-electron chi connectivity index (χ1n) is 8.04. The molecule has 2 saturated carbocycles. The lowest BCUT2D eigenvalue weighted by Gasteiger charge is -2.31. The summed E-state index contributed by atoms with van der Waals surface area (Å²) in [5.41, 5.74) is -0.478. The molecule has 2 amide bonds. The van der Waals surface area contributed by atoms with E-state index >= 15 is 0 Å². The van der Waals surface area contributed by atoms with E-state index in [4.69, 9.17) is 4.74 Å². The van der Waals surface area contributed by atoms with Crippen LogP contribution < -0.4 is 10.6 Å². The van der Waals surface area contributed by atoms with Crippen molar-refractivity contribution in [2.24, 2.45) is 11.8 Å². The Morgan fingerprint density at radius 2 is 1.62 bits per heavy atom. The van der Waals surface area contributed by atoms with E-state index in [9.17, 15) is 9.59 Å². The normalized spacial score (nSPS) is 32.2. The van der Waals surface area contributed by atoms with Crippen molar-refractivity contribution in [2.75, 3.05) is 0 Å². The summed E-state index contributed by atoms with van der Waals surface area (Å²) < 4.78 is 5.28. The predicted octanol–water partition coefficient (Wildman–Crippen LogP) is 2.59. The molecule has 2 fully saturated rings. The maximum atomic E-state index is 12.0. The zero-order chi connectivity index (χ0) is 15.6. The number of hydrogen-bond donors (Lipinski definition) is 2. The number of amides is 2. The van der Waals surface area contributed by atoms with Crippen LogP contribution in [0.4, 0.5) is 4.79 Å². The van der Waals surface area contributed by atoms with Crippen molar-refractivity contribution in [2.45, 2.75) is 77.5 Å². The van der Waals surface area contributed by atoms with E-state index < -0.39 is 5.60 Å². The van der Waals surface area contributed by atoms with Crippen LogP contribution in [0.25, 0.3) is 0 Å². The highest BCUT2D eigenvalue weighted by Crippen LogP contribution is 2.38. The first-order chi connectivity index (χ1) is 9.74. The smallest absolute Gasteiger partial charge is 0.407 e. The third-order valence-corrected chi connectivity index (χ3v) is 4.19. The van der Waals surface area contributed by atoms with E-state index in [0.717, 1.165) is 32.1 Å². The van der Waals surface area contributed by atoms with Crippen LogP contribution in [-0.4, -0.2) is 29.7 Å². The monoisotopic (exact) mass is 296 g/mol. The van der Waals surface area contributed by atoms with Gasteiger partial charge in [0.05, 0.1) is 0 Å². The molecule has 0 aromatic rings. The minimum Gasteiger partial charge on any atom is -0.444 e. The Hall–Kier alpha value is -1.26. The molecule has 0 aliphatic heterocycles. The summed E-state index contributed by atoms with van der Waals surface area (Å²) in [6.07, 6.45) is 4.41. The van der Waals surface area contributed by atoms with Crippen LogP contribution in [0.15, 0.2) is 0 Å². The standard InChI is InChI=1S/C16H28N2O3/c1-10-8-13(10)14(19)17-11-6-5-7-12(9-11)18-15(20)21-16(2,3)4/h10-13H,5-9H2,1-4H3,(H,17,19)(H,18,20)/t10-,11-,12-,13+/m1/s1. The largest absolute Gasteiger partial charge is 0.444 e. The van der Waals surface area contributed by atoms with Gasteiger partial charge in [-0.05, 0) is 58.8 Å². The van der Waals surface area contributed by atoms with Gasteiger partial charge in [0, 0.05) is 18.0 Å². The summed E-state index contributed by atoms with van der Waals surface area (Å²) in [6, 6.07) is 0.273. The van der Waals surface area contributed by atoms with Gasteiger partial charge in [-0.15, -0.1) is 0 Å². The molecule has 5 nitrogen and oxygen atoms in total. The molecular formula is C16H28N2O3. The molecule has 0 spiro atoms. The quantitative estimate of drug-likeness (QED) is 0.841. The molecule has 0 aromatic carbocycles. The molecule has 2 N–H and O–H groups in total. The van der Waals surface area contributed by atoms with Gasteiger partial charge < -0.3 is 15.4 Å². The van der Waals surface area contributed by atoms with Gasteiger partial charge in [-0.25, -0.2) is 4.79 Å². The van der Waals surface area contributed by atoms with E-state index in [1.54, 1.807) is 0 Å². The highest BCUT2D eigenvalue weighted by molar-refractivity contribution is 5.81. The molecule has 0 bridgehead atoms. The molecule has 0 saturated heterocycles. The minimum atomic E-state index is -0.478. The molecule has 2 aliphatic carbocycles. The van der Waals surface area contributed by atoms with E-state index in [-0.39, 0.29) is 30.0 Å². The van der Waals surface area contributed by atoms with Crippen molar-refractivity contribution >= 4 is 12.0 Å². The molecule has 4 atom stereocenters. The summed E-state index contributed by atoms with van der Waals surface area (Å²) in [5.74, 6) is 0.930. The lowest BCUT2D eigenvalue weighted by molar-refractivity contribution is -0.123. The first-order valence-corrected chi connectivity index (χ1v) is 8.04. The number of nitrogens with one attached hydrogen (secondary N) is 2. The summed E-state index contributed by atoms with van der Waals surface area (Å²) in [7, 11) is 0. The third kappa shape index (κ3) is 5.21. The minimum absolute atomic E-state index is 0.0931. The Morgan fingerprint density at radius 1 is 1.05 bits per heavy atom. The van der Waals surface area contributed by atoms with Crippen LogP contribution in [0.5, 0.6) is 0 Å². The Balaban J connectivity index is 1.75. The van der Waals surface area contributed by atoms with E-state index in [1.165, 1.54) is 0 Å². The van der Waals surface area contributed by atoms with Crippen molar-refractivity contribution in [3.05, 3.63) is 0 Å². The first kappa shape index (κ1) is 16.1. The molecular weight excluding hydrogens is 268 g/mol. The third-order valence-electron chi connectivity index (χ3n) is 4.19. The van der Waals surface area contributed by atoms with Gasteiger partial charge in [0.25, 0.3) is 0 Å². The summed E-state index contributed by atoms with van der Waals surface area (Å²) in [5, 5.41) is 6.05. The Bertz CT molecular complexity index is 403. The van der Waals surface area contributed by atoms with Gasteiger partial charge in [0.2, 0.25) is 5.91 Å². The second kappa shape index (κ2) is 6.24. The molecule has 2 rings (SSSR count). The second-order valence-electron chi connectivity index (χ2n) is 7.53. The number of carbonyl (C=O) groups excluding carboxylic acids is 2. The van der Waals surface area contributed by atoms with E-state index in [2.05, 4.69) is 17.6 Å². The predicted molar refractivity (Wildman–Crippen MR) is 80.8 cm³/mol. The maximum Gasteiger partial charge on any atom is 0.407 e. The van der Waals surface area contributed by atoms with Crippen molar-refractivity contribution in [1.82, 2.24) is 10.6 Å². The van der Waals surface area contributed by atoms with Gasteiger partial charge in [-0.3, -0.25) is 4.79 Å². The second-order valence-corrected chi connectivity index (χ2v) is 7.53. The van der Waals surface area contributed by atoms with Gasteiger partial charge in [0.1, 0.15) is 5.60 Å². The average molecular weight is 296 g/mol. The molecule has 0 unspecified atom stereocenters. The fourth-order valence-electron chi connectivity index (χ4n) is 2.92. The number of alkyl carbamates (subject to hydrolysis) is 1. The van der Waals surface area contributed by atoms with Crippen LogP contribution in [-0.2, 0) is 9.53 Å². The Labute approximate surface area is 127 Å². The Kier molecular flexibility index (Phi) is 4.79. The average Bonchev–Trinajstić information content (AvgIpc) is 3.04. The molecule has 21 heavy (non-hydrogen) atoms. The lowest BCUT2D eigenvalue weighted by atomic mass is 9.91. The zero-order valence-corrected chi connectivity index (χ0v) is 13.6. The number of ether oxygens (including phenoxy) is 1. The molecule has 0 radical (unpaired) electrons. The van der Waals surface area contributed by atoms with Crippen LogP contribution in [0.2, 0.25) is 0 Å². The zero-order valence-electron chi connectivity index (χ0n) is 13.6. The molecule has 0 aromatic heterocycles. The lowest BCUT2D eigenvalue weighted by Crippen LogP contribution is -2.47. The fourth-order valence-corrected chi connectivity index (χ4v) is 2.92. The van der Waals surface area contributed by atoms with Crippen LogP contribution in [0, 0.1) is 11.8 Å². The molecule has 120 valence electrons.